The summed E-state index contributed by atoms with van der Waals surface area (Å²) in [5, 5.41) is 4.08. The topological polar surface area (TPSA) is 90.5 Å². The molecule has 2 N–H and O–H groups in total. The number of ether oxygens (including phenoxy) is 1. The lowest BCUT2D eigenvalue weighted by Crippen LogP contribution is -2.41. The van der Waals surface area contributed by atoms with Crippen LogP contribution in [-0.4, -0.2) is 46.8 Å². The normalized spacial score (nSPS) is 16.2. The number of hydrogen-bond donors (Lipinski definition) is 1. The van der Waals surface area contributed by atoms with Gasteiger partial charge in [-0.3, -0.25) is 14.3 Å². The highest BCUT2D eigenvalue weighted by molar-refractivity contribution is 5.97. The Labute approximate surface area is 117 Å². The average Bonchev–Trinajstić information content (AvgIpc) is 2.86. The fraction of sp³-hybridized carbons (Fsp3) is 0.615. The van der Waals surface area contributed by atoms with Crippen molar-refractivity contribution in [2.75, 3.05) is 25.9 Å². The molecule has 0 spiro atoms. The third kappa shape index (κ3) is 2.61. The van der Waals surface area contributed by atoms with Crippen LogP contribution in [0, 0.1) is 5.92 Å². The first-order chi connectivity index (χ1) is 9.58. The summed E-state index contributed by atoms with van der Waals surface area (Å²) in [6.07, 6.45) is 2.75. The van der Waals surface area contributed by atoms with Crippen LogP contribution in [0.1, 0.15) is 30.3 Å². The predicted molar refractivity (Wildman–Crippen MR) is 73.0 cm³/mol. The van der Waals surface area contributed by atoms with Crippen LogP contribution in [0.5, 0.6) is 0 Å². The molecule has 0 aromatic carbocycles. The molecular weight excluding hydrogens is 260 g/mol. The Balaban J connectivity index is 2.05. The summed E-state index contributed by atoms with van der Waals surface area (Å²) in [4.78, 5) is 25.7. The second-order valence-electron chi connectivity index (χ2n) is 4.85. The van der Waals surface area contributed by atoms with Gasteiger partial charge in [0, 0.05) is 19.6 Å². The van der Waals surface area contributed by atoms with Gasteiger partial charge >= 0.3 is 5.97 Å². The molecule has 0 atom stereocenters. The van der Waals surface area contributed by atoms with E-state index in [0.29, 0.717) is 43.9 Å². The number of methoxy groups -OCH3 is 1. The molecule has 110 valence electrons. The monoisotopic (exact) mass is 280 g/mol. The fourth-order valence-corrected chi connectivity index (χ4v) is 2.51. The van der Waals surface area contributed by atoms with Gasteiger partial charge in [-0.25, -0.2) is 0 Å². The van der Waals surface area contributed by atoms with E-state index in [0.717, 1.165) is 0 Å². The van der Waals surface area contributed by atoms with Crippen LogP contribution in [0.25, 0.3) is 0 Å². The van der Waals surface area contributed by atoms with Crippen LogP contribution in [0.2, 0.25) is 0 Å². The van der Waals surface area contributed by atoms with E-state index in [1.165, 1.54) is 13.3 Å². The second-order valence-corrected chi connectivity index (χ2v) is 4.85. The van der Waals surface area contributed by atoms with Crippen LogP contribution in [0.3, 0.4) is 0 Å². The summed E-state index contributed by atoms with van der Waals surface area (Å²) in [5.74, 6) is -0.433. The molecule has 0 saturated carbocycles. The number of piperidine rings is 1. The van der Waals surface area contributed by atoms with Crippen LogP contribution in [-0.2, 0) is 16.1 Å². The molecule has 1 fully saturated rings. The second kappa shape index (κ2) is 5.94. The van der Waals surface area contributed by atoms with Crippen LogP contribution < -0.4 is 5.73 Å². The van der Waals surface area contributed by atoms with E-state index in [9.17, 15) is 9.59 Å². The first kappa shape index (κ1) is 14.4. The quantitative estimate of drug-likeness (QED) is 0.815. The van der Waals surface area contributed by atoms with Crippen molar-refractivity contribution in [2.45, 2.75) is 26.3 Å². The van der Waals surface area contributed by atoms with Gasteiger partial charge in [0.25, 0.3) is 5.91 Å². The Hall–Kier alpha value is -2.05. The first-order valence-electron chi connectivity index (χ1n) is 6.76. The zero-order valence-corrected chi connectivity index (χ0v) is 11.8. The van der Waals surface area contributed by atoms with E-state index in [2.05, 4.69) is 5.10 Å². The molecule has 0 bridgehead atoms. The van der Waals surface area contributed by atoms with Gasteiger partial charge in [-0.15, -0.1) is 0 Å². The standard InChI is InChI=1S/C13H20N4O3/c1-3-17-11(10(14)8-15-17)12(18)16-6-4-9(5-7-16)13(19)20-2/h8-9H,3-7,14H2,1-2H3. The number of hydrogen-bond acceptors (Lipinski definition) is 5. The molecule has 0 unspecified atom stereocenters. The minimum Gasteiger partial charge on any atom is -0.469 e. The number of aromatic nitrogens is 2. The Morgan fingerprint density at radius 1 is 1.45 bits per heavy atom. The molecule has 1 aliphatic rings. The molecule has 1 aromatic heterocycles. The molecule has 0 radical (unpaired) electrons. The average molecular weight is 280 g/mol. The Morgan fingerprint density at radius 3 is 2.65 bits per heavy atom. The number of likely N-dealkylation sites (tertiary alicyclic amines) is 1. The number of anilines is 1. The lowest BCUT2D eigenvalue weighted by molar-refractivity contribution is -0.146. The van der Waals surface area contributed by atoms with Crippen molar-refractivity contribution in [1.82, 2.24) is 14.7 Å². The summed E-state index contributed by atoms with van der Waals surface area (Å²) in [7, 11) is 1.39. The van der Waals surface area contributed by atoms with Gasteiger partial charge in [0.2, 0.25) is 0 Å². The molecular formula is C13H20N4O3. The first-order valence-corrected chi connectivity index (χ1v) is 6.76. The predicted octanol–water partition coefficient (Wildman–Crippen LogP) is 0.510. The van der Waals surface area contributed by atoms with Gasteiger partial charge in [-0.05, 0) is 19.8 Å². The van der Waals surface area contributed by atoms with E-state index in [1.54, 1.807) is 9.58 Å². The summed E-state index contributed by atoms with van der Waals surface area (Å²) >= 11 is 0. The fourth-order valence-electron chi connectivity index (χ4n) is 2.51. The molecule has 1 saturated heterocycles. The van der Waals surface area contributed by atoms with Crippen molar-refractivity contribution in [1.29, 1.82) is 0 Å². The lowest BCUT2D eigenvalue weighted by atomic mass is 9.97. The molecule has 1 aliphatic heterocycles. The third-order valence-corrected chi connectivity index (χ3v) is 3.69. The number of aryl methyl sites for hydroxylation is 1. The smallest absolute Gasteiger partial charge is 0.308 e. The molecule has 2 heterocycles. The van der Waals surface area contributed by atoms with Crippen molar-refractivity contribution >= 4 is 17.6 Å². The van der Waals surface area contributed by atoms with Gasteiger partial charge in [-0.1, -0.05) is 0 Å². The summed E-state index contributed by atoms with van der Waals surface area (Å²) in [6.45, 7) is 3.57. The molecule has 0 aliphatic carbocycles. The van der Waals surface area contributed by atoms with Crippen molar-refractivity contribution in [2.24, 2.45) is 5.92 Å². The Kier molecular flexibility index (Phi) is 4.26. The summed E-state index contributed by atoms with van der Waals surface area (Å²) in [6, 6.07) is 0. The van der Waals surface area contributed by atoms with Gasteiger partial charge in [0.15, 0.2) is 0 Å². The number of nitrogens with two attached hydrogens (primary N) is 1. The van der Waals surface area contributed by atoms with Gasteiger partial charge < -0.3 is 15.4 Å². The lowest BCUT2D eigenvalue weighted by Gasteiger charge is -2.30. The third-order valence-electron chi connectivity index (χ3n) is 3.69. The number of amides is 1. The Bertz CT molecular complexity index is 504. The van der Waals surface area contributed by atoms with Crippen molar-refractivity contribution in [3.05, 3.63) is 11.9 Å². The maximum atomic E-state index is 12.5. The van der Waals surface area contributed by atoms with Gasteiger partial charge in [0.1, 0.15) is 5.69 Å². The van der Waals surface area contributed by atoms with Crippen LogP contribution in [0.4, 0.5) is 5.69 Å². The number of rotatable bonds is 3. The van der Waals surface area contributed by atoms with E-state index in [1.807, 2.05) is 6.92 Å². The SMILES string of the molecule is CCn1ncc(N)c1C(=O)N1CCC(C(=O)OC)CC1. The van der Waals surface area contributed by atoms with Gasteiger partial charge in [0.05, 0.1) is 24.9 Å². The molecule has 2 rings (SSSR count). The summed E-state index contributed by atoms with van der Waals surface area (Å²) < 4.78 is 6.34. The number of carbonyl (C=O) groups is 2. The van der Waals surface area contributed by atoms with Gasteiger partial charge in [-0.2, -0.15) is 5.10 Å². The zero-order chi connectivity index (χ0) is 14.7. The number of carbonyl (C=O) groups excluding carboxylic acids is 2. The van der Waals surface area contributed by atoms with E-state index in [4.69, 9.17) is 10.5 Å². The van der Waals surface area contributed by atoms with E-state index in [-0.39, 0.29) is 17.8 Å². The molecule has 7 nitrogen and oxygen atoms in total. The maximum absolute atomic E-state index is 12.5. The highest BCUT2D eigenvalue weighted by Gasteiger charge is 2.30. The minimum absolute atomic E-state index is 0.113. The van der Waals surface area contributed by atoms with Crippen molar-refractivity contribution in [3.8, 4) is 0 Å². The largest absolute Gasteiger partial charge is 0.469 e. The summed E-state index contributed by atoms with van der Waals surface area (Å²) in [5.41, 5.74) is 6.65. The molecule has 1 amide bonds. The number of nitrogens with zero attached hydrogens (tertiary/aromatic N) is 3. The zero-order valence-electron chi connectivity index (χ0n) is 11.8. The molecule has 20 heavy (non-hydrogen) atoms. The number of nitrogen functional groups attached to an aromatic ring is 1. The maximum Gasteiger partial charge on any atom is 0.308 e. The highest BCUT2D eigenvalue weighted by Crippen LogP contribution is 2.22. The van der Waals surface area contributed by atoms with Crippen molar-refractivity contribution < 1.29 is 14.3 Å². The van der Waals surface area contributed by atoms with E-state index >= 15 is 0 Å². The van der Waals surface area contributed by atoms with Crippen LogP contribution in [0.15, 0.2) is 6.20 Å². The molecule has 1 aromatic rings. The Morgan fingerprint density at radius 2 is 2.10 bits per heavy atom. The van der Waals surface area contributed by atoms with Crippen molar-refractivity contribution in [3.63, 3.8) is 0 Å². The minimum atomic E-state index is -0.199. The number of esters is 1. The van der Waals surface area contributed by atoms with Crippen LogP contribution >= 0.6 is 0 Å². The highest BCUT2D eigenvalue weighted by atomic mass is 16.5. The van der Waals surface area contributed by atoms with E-state index < -0.39 is 0 Å². The molecule has 7 heteroatoms.